The minimum atomic E-state index is -3.01. The van der Waals surface area contributed by atoms with Crippen LogP contribution in [-0.4, -0.2) is 17.4 Å². The average Bonchev–Trinajstić information content (AvgIpc) is 2.56. The zero-order valence-corrected chi connectivity index (χ0v) is 8.66. The van der Waals surface area contributed by atoms with Gasteiger partial charge in [-0.05, 0) is 0 Å². The van der Waals surface area contributed by atoms with Crippen molar-refractivity contribution < 1.29 is 27.9 Å². The van der Waals surface area contributed by atoms with Crippen molar-refractivity contribution in [1.29, 1.82) is 0 Å². The van der Waals surface area contributed by atoms with Gasteiger partial charge in [0.25, 0.3) is 6.43 Å². The molecule has 16 heavy (non-hydrogen) atoms. The number of halogens is 2. The lowest BCUT2D eigenvalue weighted by Crippen LogP contribution is -2.04. The van der Waals surface area contributed by atoms with Crippen molar-refractivity contribution in [1.82, 2.24) is 0 Å². The van der Waals surface area contributed by atoms with E-state index < -0.39 is 35.2 Å². The van der Waals surface area contributed by atoms with Gasteiger partial charge in [0.15, 0.2) is 12.0 Å². The molecule has 0 saturated carbocycles. The Morgan fingerprint density at radius 1 is 1.38 bits per heavy atom. The average molecular weight is 232 g/mol. The minimum Gasteiger partial charge on any atom is -0.478 e. The van der Waals surface area contributed by atoms with E-state index in [2.05, 4.69) is 0 Å². The first-order chi connectivity index (χ1) is 7.40. The van der Waals surface area contributed by atoms with Crippen LogP contribution in [0.1, 0.15) is 58.4 Å². The van der Waals surface area contributed by atoms with E-state index in [4.69, 9.17) is 9.52 Å². The summed E-state index contributed by atoms with van der Waals surface area (Å²) in [5, 5.41) is 8.86. The molecule has 0 aliphatic rings. The second-order valence-corrected chi connectivity index (χ2v) is 3.50. The Morgan fingerprint density at radius 2 is 1.94 bits per heavy atom. The molecule has 1 aromatic rings. The van der Waals surface area contributed by atoms with Crippen LogP contribution >= 0.6 is 0 Å². The number of aldehydes is 1. The maximum atomic E-state index is 12.5. The van der Waals surface area contributed by atoms with Gasteiger partial charge >= 0.3 is 5.97 Å². The predicted octanol–water partition coefficient (Wildman–Crippen LogP) is 2.85. The summed E-state index contributed by atoms with van der Waals surface area (Å²) in [7, 11) is 0. The van der Waals surface area contributed by atoms with Crippen molar-refractivity contribution in [3.8, 4) is 0 Å². The molecule has 0 unspecified atom stereocenters. The highest BCUT2D eigenvalue weighted by Gasteiger charge is 2.30. The highest BCUT2D eigenvalue weighted by molar-refractivity contribution is 5.99. The van der Waals surface area contributed by atoms with Gasteiger partial charge in [-0.3, -0.25) is 4.79 Å². The molecule has 0 amide bonds. The second kappa shape index (κ2) is 4.42. The first kappa shape index (κ1) is 12.4. The van der Waals surface area contributed by atoms with Gasteiger partial charge in [-0.1, -0.05) is 13.8 Å². The Morgan fingerprint density at radius 3 is 2.25 bits per heavy atom. The molecule has 1 heterocycles. The van der Waals surface area contributed by atoms with Crippen LogP contribution < -0.4 is 0 Å². The van der Waals surface area contributed by atoms with E-state index in [1.54, 1.807) is 13.8 Å². The third kappa shape index (κ3) is 1.95. The Balaban J connectivity index is 3.52. The summed E-state index contributed by atoms with van der Waals surface area (Å²) in [5.74, 6) is -2.82. The SMILES string of the molecule is CC(C)c1oc(C(F)F)c(C=O)c1C(=O)O. The van der Waals surface area contributed by atoms with E-state index in [0.717, 1.165) is 0 Å². The van der Waals surface area contributed by atoms with Crippen LogP contribution in [0.25, 0.3) is 0 Å². The van der Waals surface area contributed by atoms with Crippen molar-refractivity contribution in [2.24, 2.45) is 0 Å². The van der Waals surface area contributed by atoms with Gasteiger partial charge < -0.3 is 9.52 Å². The largest absolute Gasteiger partial charge is 0.478 e. The molecule has 0 radical (unpaired) electrons. The van der Waals surface area contributed by atoms with Gasteiger partial charge in [-0.15, -0.1) is 0 Å². The van der Waals surface area contributed by atoms with E-state index in [1.807, 2.05) is 0 Å². The Kier molecular flexibility index (Phi) is 3.41. The Bertz CT molecular complexity index is 421. The third-order valence-electron chi connectivity index (χ3n) is 2.06. The number of rotatable bonds is 4. The standard InChI is InChI=1S/C10H10F2O4/c1-4(2)7-6(10(14)15)5(3-13)8(16-7)9(11)12/h3-4,9H,1-2H3,(H,14,15). The lowest BCUT2D eigenvalue weighted by molar-refractivity contribution is 0.0691. The molecule has 88 valence electrons. The lowest BCUT2D eigenvalue weighted by atomic mass is 10.0. The number of hydrogen-bond donors (Lipinski definition) is 1. The van der Waals surface area contributed by atoms with Crippen LogP contribution in [0.4, 0.5) is 8.78 Å². The van der Waals surface area contributed by atoms with Crippen LogP contribution in [0.5, 0.6) is 0 Å². The quantitative estimate of drug-likeness (QED) is 0.810. The number of carboxylic acids is 1. The highest BCUT2D eigenvalue weighted by Crippen LogP contribution is 2.33. The molecule has 0 spiro atoms. The number of carbonyl (C=O) groups excluding carboxylic acids is 1. The number of furan rings is 1. The van der Waals surface area contributed by atoms with Crippen molar-refractivity contribution in [2.75, 3.05) is 0 Å². The van der Waals surface area contributed by atoms with Gasteiger partial charge in [0.1, 0.15) is 11.3 Å². The molecular formula is C10H10F2O4. The fourth-order valence-corrected chi connectivity index (χ4v) is 1.39. The number of alkyl halides is 2. The Labute approximate surface area is 89.9 Å². The van der Waals surface area contributed by atoms with Crippen LogP contribution in [0.15, 0.2) is 4.42 Å². The maximum absolute atomic E-state index is 12.5. The molecule has 1 N–H and O–H groups in total. The number of carboxylic acid groups (broad SMARTS) is 1. The van der Waals surface area contributed by atoms with Crippen LogP contribution in [-0.2, 0) is 0 Å². The number of carbonyl (C=O) groups is 2. The lowest BCUT2D eigenvalue weighted by Gasteiger charge is -2.01. The van der Waals surface area contributed by atoms with E-state index in [9.17, 15) is 18.4 Å². The van der Waals surface area contributed by atoms with Gasteiger partial charge in [0.2, 0.25) is 0 Å². The summed E-state index contributed by atoms with van der Waals surface area (Å²) < 4.78 is 29.7. The topological polar surface area (TPSA) is 67.5 Å². The third-order valence-corrected chi connectivity index (χ3v) is 2.06. The van der Waals surface area contributed by atoms with Crippen molar-refractivity contribution in [2.45, 2.75) is 26.2 Å². The van der Waals surface area contributed by atoms with Gasteiger partial charge in [0.05, 0.1) is 5.56 Å². The van der Waals surface area contributed by atoms with Gasteiger partial charge in [0, 0.05) is 5.92 Å². The summed E-state index contributed by atoms with van der Waals surface area (Å²) in [6.45, 7) is 3.18. The number of hydrogen-bond acceptors (Lipinski definition) is 3. The Hall–Kier alpha value is -1.72. The summed E-state index contributed by atoms with van der Waals surface area (Å²) in [4.78, 5) is 21.5. The monoisotopic (exact) mass is 232 g/mol. The fraction of sp³-hybridized carbons (Fsp3) is 0.400. The molecule has 0 bridgehead atoms. The molecule has 4 nitrogen and oxygen atoms in total. The van der Waals surface area contributed by atoms with Gasteiger partial charge in [-0.2, -0.15) is 0 Å². The van der Waals surface area contributed by atoms with E-state index in [1.165, 1.54) is 0 Å². The molecule has 0 atom stereocenters. The van der Waals surface area contributed by atoms with Crippen LogP contribution in [0.3, 0.4) is 0 Å². The van der Waals surface area contributed by atoms with Crippen molar-refractivity contribution in [3.63, 3.8) is 0 Å². The molecule has 0 saturated heterocycles. The van der Waals surface area contributed by atoms with E-state index >= 15 is 0 Å². The molecule has 0 aromatic carbocycles. The summed E-state index contributed by atoms with van der Waals surface area (Å²) in [6.07, 6.45) is -2.92. The van der Waals surface area contributed by atoms with E-state index in [0.29, 0.717) is 0 Å². The maximum Gasteiger partial charge on any atom is 0.340 e. The highest BCUT2D eigenvalue weighted by atomic mass is 19.3. The molecular weight excluding hydrogens is 222 g/mol. The first-order valence-corrected chi connectivity index (χ1v) is 4.53. The zero-order valence-electron chi connectivity index (χ0n) is 8.66. The summed E-state index contributed by atoms with van der Waals surface area (Å²) in [5.41, 5.74) is -1.05. The molecule has 0 aliphatic heterocycles. The molecule has 0 aliphatic carbocycles. The van der Waals surface area contributed by atoms with E-state index in [-0.39, 0.29) is 12.0 Å². The summed E-state index contributed by atoms with van der Waals surface area (Å²) in [6, 6.07) is 0. The van der Waals surface area contributed by atoms with Crippen LogP contribution in [0.2, 0.25) is 0 Å². The van der Waals surface area contributed by atoms with Crippen LogP contribution in [0, 0.1) is 0 Å². The van der Waals surface area contributed by atoms with Gasteiger partial charge in [-0.25, -0.2) is 13.6 Å². The molecule has 1 rings (SSSR count). The second-order valence-electron chi connectivity index (χ2n) is 3.50. The van der Waals surface area contributed by atoms with Crippen molar-refractivity contribution in [3.05, 3.63) is 22.6 Å². The normalized spacial score (nSPS) is 11.1. The number of aromatic carboxylic acids is 1. The minimum absolute atomic E-state index is 0.0837. The smallest absolute Gasteiger partial charge is 0.340 e. The molecule has 1 aromatic heterocycles. The fourth-order valence-electron chi connectivity index (χ4n) is 1.39. The van der Waals surface area contributed by atoms with Crippen molar-refractivity contribution >= 4 is 12.3 Å². The molecule has 6 heteroatoms. The first-order valence-electron chi connectivity index (χ1n) is 4.53. The summed E-state index contributed by atoms with van der Waals surface area (Å²) >= 11 is 0. The predicted molar refractivity (Wildman–Crippen MR) is 50.1 cm³/mol. The molecule has 0 fully saturated rings. The zero-order chi connectivity index (χ0) is 12.5.